The Kier molecular flexibility index (Phi) is 7.90. The van der Waals surface area contributed by atoms with Gasteiger partial charge in [-0.1, -0.05) is 35.9 Å². The maximum Gasteiger partial charge on any atom is 0.252 e. The number of amides is 3. The average molecular weight is 586 g/mol. The van der Waals surface area contributed by atoms with E-state index in [1.165, 1.54) is 53.6 Å². The van der Waals surface area contributed by atoms with E-state index in [1.807, 2.05) is 0 Å². The number of piperidine rings is 1. The van der Waals surface area contributed by atoms with E-state index in [1.54, 1.807) is 12.1 Å². The molecule has 2 aromatic carbocycles. The van der Waals surface area contributed by atoms with Crippen LogP contribution in [0.4, 0.5) is 30.4 Å². The van der Waals surface area contributed by atoms with Crippen LogP contribution >= 0.6 is 11.6 Å². The standard InChI is InChI=1S/C29H27ClF3N5O3/c30-22-8-2-1-7-21(22)26(27(40)36-19-15-29(32,33)16-19)37(20-6-3-5-17(31)13-20)28(41)23-9-4-10-25(39)38(23)24-14-18(34)11-12-35-24/h1-3,5-8,11-14,19,23,26H,4,9-10,15-16H2,(H2,34,35)(H,36,40)/t23-,26-/m0/s1. The molecule has 0 spiro atoms. The van der Waals surface area contributed by atoms with Crippen LogP contribution in [0.3, 0.4) is 0 Å². The second-order valence-corrected chi connectivity index (χ2v) is 10.6. The molecule has 0 bridgehead atoms. The fourth-order valence-corrected chi connectivity index (χ4v) is 5.52. The Bertz CT molecular complexity index is 1480. The average Bonchev–Trinajstić information content (AvgIpc) is 2.90. The number of nitrogens with two attached hydrogens (primary N) is 1. The van der Waals surface area contributed by atoms with Crippen molar-refractivity contribution in [2.45, 2.75) is 56.2 Å². The number of nitrogens with one attached hydrogen (secondary N) is 1. The van der Waals surface area contributed by atoms with Crippen molar-refractivity contribution in [3.05, 3.63) is 83.3 Å². The summed E-state index contributed by atoms with van der Waals surface area (Å²) in [6.45, 7) is 0. The van der Waals surface area contributed by atoms with Crippen molar-refractivity contribution < 1.29 is 27.6 Å². The molecule has 1 aromatic heterocycles. The first kappa shape index (κ1) is 28.4. The molecule has 2 atom stereocenters. The number of anilines is 3. The third kappa shape index (κ3) is 6.00. The quantitative estimate of drug-likeness (QED) is 0.404. The molecule has 8 nitrogen and oxygen atoms in total. The topological polar surface area (TPSA) is 109 Å². The summed E-state index contributed by atoms with van der Waals surface area (Å²) in [7, 11) is 0. The fraction of sp³-hybridized carbons (Fsp3) is 0.310. The fourth-order valence-electron chi connectivity index (χ4n) is 5.29. The largest absolute Gasteiger partial charge is 0.399 e. The van der Waals surface area contributed by atoms with Crippen LogP contribution in [0.1, 0.15) is 43.7 Å². The van der Waals surface area contributed by atoms with Crippen LogP contribution < -0.4 is 20.9 Å². The number of hydrogen-bond donors (Lipinski definition) is 2. The van der Waals surface area contributed by atoms with E-state index in [2.05, 4.69) is 10.3 Å². The predicted octanol–water partition coefficient (Wildman–Crippen LogP) is 5.03. The number of carbonyl (C=O) groups excluding carboxylic acids is 3. The van der Waals surface area contributed by atoms with Crippen molar-refractivity contribution in [1.82, 2.24) is 10.3 Å². The van der Waals surface area contributed by atoms with Gasteiger partial charge in [0.2, 0.25) is 11.8 Å². The second kappa shape index (κ2) is 11.4. The highest BCUT2D eigenvalue weighted by Gasteiger charge is 2.48. The summed E-state index contributed by atoms with van der Waals surface area (Å²) in [5.41, 5.74) is 6.48. The van der Waals surface area contributed by atoms with E-state index in [0.29, 0.717) is 12.1 Å². The summed E-state index contributed by atoms with van der Waals surface area (Å²) in [5, 5.41) is 2.74. The summed E-state index contributed by atoms with van der Waals surface area (Å²) in [6.07, 6.45) is 1.07. The number of benzene rings is 2. The molecule has 1 saturated heterocycles. The number of halogens is 4. The van der Waals surface area contributed by atoms with Gasteiger partial charge in [0.05, 0.1) is 0 Å². The number of carbonyl (C=O) groups is 3. The van der Waals surface area contributed by atoms with Crippen molar-refractivity contribution >= 4 is 46.5 Å². The Morgan fingerprint density at radius 1 is 1.12 bits per heavy atom. The molecule has 41 heavy (non-hydrogen) atoms. The third-order valence-electron chi connectivity index (χ3n) is 7.22. The van der Waals surface area contributed by atoms with Crippen molar-refractivity contribution in [2.75, 3.05) is 15.5 Å². The monoisotopic (exact) mass is 585 g/mol. The van der Waals surface area contributed by atoms with Crippen LogP contribution in [-0.4, -0.2) is 40.7 Å². The number of aromatic nitrogens is 1. The molecule has 0 unspecified atom stereocenters. The van der Waals surface area contributed by atoms with Gasteiger partial charge >= 0.3 is 0 Å². The Balaban J connectivity index is 1.62. The molecule has 3 N–H and O–H groups in total. The molecule has 3 aromatic rings. The molecular formula is C29H27ClF3N5O3. The smallest absolute Gasteiger partial charge is 0.252 e. The van der Waals surface area contributed by atoms with E-state index in [0.717, 1.165) is 11.0 Å². The Morgan fingerprint density at radius 2 is 1.88 bits per heavy atom. The van der Waals surface area contributed by atoms with Crippen LogP contribution in [0.25, 0.3) is 0 Å². The third-order valence-corrected chi connectivity index (χ3v) is 7.56. The molecule has 12 heteroatoms. The van der Waals surface area contributed by atoms with Gasteiger partial charge in [0.1, 0.15) is 23.7 Å². The zero-order valence-electron chi connectivity index (χ0n) is 21.8. The number of pyridine rings is 1. The lowest BCUT2D eigenvalue weighted by atomic mass is 9.87. The van der Waals surface area contributed by atoms with Gasteiger partial charge in [-0.15, -0.1) is 0 Å². The Morgan fingerprint density at radius 3 is 2.56 bits per heavy atom. The Labute approximate surface area is 239 Å². The van der Waals surface area contributed by atoms with Crippen molar-refractivity contribution in [3.8, 4) is 0 Å². The van der Waals surface area contributed by atoms with E-state index >= 15 is 0 Å². The summed E-state index contributed by atoms with van der Waals surface area (Å²) in [4.78, 5) is 48.1. The number of rotatable bonds is 7. The molecule has 0 radical (unpaired) electrons. The minimum atomic E-state index is -2.90. The molecule has 2 heterocycles. The molecule has 1 saturated carbocycles. The highest BCUT2D eigenvalue weighted by atomic mass is 35.5. The first-order valence-electron chi connectivity index (χ1n) is 13.1. The van der Waals surface area contributed by atoms with Gasteiger partial charge in [-0.3, -0.25) is 24.2 Å². The maximum atomic E-state index is 14.6. The molecule has 214 valence electrons. The predicted molar refractivity (Wildman–Crippen MR) is 148 cm³/mol. The lowest BCUT2D eigenvalue weighted by Crippen LogP contribution is -2.58. The molecular weight excluding hydrogens is 559 g/mol. The lowest BCUT2D eigenvalue weighted by molar-refractivity contribution is -0.133. The van der Waals surface area contributed by atoms with Gasteiger partial charge in [-0.2, -0.15) is 0 Å². The van der Waals surface area contributed by atoms with Crippen LogP contribution in [0, 0.1) is 5.82 Å². The van der Waals surface area contributed by atoms with E-state index in [4.69, 9.17) is 17.3 Å². The van der Waals surface area contributed by atoms with Crippen LogP contribution in [0.5, 0.6) is 0 Å². The SMILES string of the molecule is Nc1ccnc(N2C(=O)CCC[C@H]2C(=O)N(c2cccc(F)c2)[C@H](C(=O)NC2CC(F)(F)C2)c2ccccc2Cl)c1. The molecule has 1 aliphatic carbocycles. The molecule has 5 rings (SSSR count). The summed E-state index contributed by atoms with van der Waals surface area (Å²) in [6, 6.07) is 11.0. The molecule has 1 aliphatic heterocycles. The van der Waals surface area contributed by atoms with Gasteiger partial charge in [0, 0.05) is 59.5 Å². The van der Waals surface area contributed by atoms with Crippen LogP contribution in [0.2, 0.25) is 5.02 Å². The van der Waals surface area contributed by atoms with Crippen molar-refractivity contribution in [3.63, 3.8) is 0 Å². The van der Waals surface area contributed by atoms with E-state index in [9.17, 15) is 27.6 Å². The molecule has 2 fully saturated rings. The maximum absolute atomic E-state index is 14.6. The van der Waals surface area contributed by atoms with Crippen LogP contribution in [0.15, 0.2) is 66.9 Å². The zero-order chi connectivity index (χ0) is 29.3. The highest BCUT2D eigenvalue weighted by Crippen LogP contribution is 2.39. The molecule has 3 amide bonds. The van der Waals surface area contributed by atoms with Crippen molar-refractivity contribution in [2.24, 2.45) is 0 Å². The number of nitrogens with zero attached hydrogens (tertiary/aromatic N) is 3. The van der Waals surface area contributed by atoms with Gasteiger partial charge in [0.15, 0.2) is 0 Å². The highest BCUT2D eigenvalue weighted by molar-refractivity contribution is 6.31. The zero-order valence-corrected chi connectivity index (χ0v) is 22.5. The van der Waals surface area contributed by atoms with Gasteiger partial charge in [-0.05, 0) is 43.2 Å². The van der Waals surface area contributed by atoms with Crippen molar-refractivity contribution in [1.29, 1.82) is 0 Å². The van der Waals surface area contributed by atoms with Crippen LogP contribution in [-0.2, 0) is 14.4 Å². The summed E-state index contributed by atoms with van der Waals surface area (Å²) >= 11 is 6.51. The second-order valence-electron chi connectivity index (χ2n) is 10.2. The summed E-state index contributed by atoms with van der Waals surface area (Å²) in [5.74, 6) is -5.26. The number of alkyl halides is 2. The van der Waals surface area contributed by atoms with Gasteiger partial charge < -0.3 is 11.1 Å². The normalized spacial score (nSPS) is 19.3. The summed E-state index contributed by atoms with van der Waals surface area (Å²) < 4.78 is 41.8. The number of nitrogen functional groups attached to an aromatic ring is 1. The number of hydrogen-bond acceptors (Lipinski definition) is 5. The van der Waals surface area contributed by atoms with E-state index < -0.39 is 54.5 Å². The van der Waals surface area contributed by atoms with Gasteiger partial charge in [0.25, 0.3) is 11.8 Å². The van der Waals surface area contributed by atoms with E-state index in [-0.39, 0.29) is 40.8 Å². The Hall–Kier alpha value is -4.12. The minimum absolute atomic E-state index is 0.0208. The first-order valence-corrected chi connectivity index (χ1v) is 13.5. The minimum Gasteiger partial charge on any atom is -0.399 e. The first-order chi connectivity index (χ1) is 19.5. The lowest BCUT2D eigenvalue weighted by Gasteiger charge is -2.41. The van der Waals surface area contributed by atoms with Gasteiger partial charge in [-0.25, -0.2) is 18.2 Å². The molecule has 2 aliphatic rings.